The van der Waals surface area contributed by atoms with Crippen LogP contribution in [0.25, 0.3) is 0 Å². The molecule has 1 aliphatic rings. The zero-order valence-corrected chi connectivity index (χ0v) is 17.1. The number of amides is 1. The number of anilines is 1. The summed E-state index contributed by atoms with van der Waals surface area (Å²) in [6.45, 7) is 5.11. The van der Waals surface area contributed by atoms with Crippen LogP contribution in [-0.2, 0) is 0 Å². The summed E-state index contributed by atoms with van der Waals surface area (Å²) in [5.74, 6) is 2.05. The van der Waals surface area contributed by atoms with E-state index in [9.17, 15) is 4.79 Å². The normalized spacial score (nSPS) is 15.2. The minimum Gasteiger partial charge on any atom is -0.459 e. The summed E-state index contributed by atoms with van der Waals surface area (Å²) < 4.78 is 5.19. The number of carbonyl (C=O) groups is 1. The standard InChI is InChI=1S/C21H30N6O2/c1-16-9-15-29-19(16)20(28)24-11-5-12-25-21(22-2)26-17-7-13-27(14-8-17)18-6-3-4-10-23-18/h3-4,6,9-10,15,17H,5,7-8,11-14H2,1-2H3,(H,24,28)(H2,22,25,26). The summed E-state index contributed by atoms with van der Waals surface area (Å²) in [5, 5.41) is 9.69. The van der Waals surface area contributed by atoms with E-state index in [2.05, 4.69) is 36.9 Å². The van der Waals surface area contributed by atoms with E-state index in [4.69, 9.17) is 4.42 Å². The Morgan fingerprint density at radius 2 is 2.03 bits per heavy atom. The molecule has 3 N–H and O–H groups in total. The van der Waals surface area contributed by atoms with E-state index >= 15 is 0 Å². The topological polar surface area (TPSA) is 94.8 Å². The smallest absolute Gasteiger partial charge is 0.287 e. The lowest BCUT2D eigenvalue weighted by atomic mass is 10.1. The summed E-state index contributed by atoms with van der Waals surface area (Å²) >= 11 is 0. The Kier molecular flexibility index (Phi) is 7.49. The number of nitrogens with one attached hydrogen (secondary N) is 3. The van der Waals surface area contributed by atoms with Gasteiger partial charge in [0.25, 0.3) is 5.91 Å². The third-order valence-electron chi connectivity index (χ3n) is 5.03. The number of aliphatic imine (C=N–C) groups is 1. The van der Waals surface area contributed by atoms with Crippen molar-refractivity contribution in [3.05, 3.63) is 48.0 Å². The predicted octanol–water partition coefficient (Wildman–Crippen LogP) is 1.94. The van der Waals surface area contributed by atoms with Gasteiger partial charge in [0, 0.05) is 51.0 Å². The Labute approximate surface area is 171 Å². The molecule has 1 saturated heterocycles. The SMILES string of the molecule is CN=C(NCCCNC(=O)c1occc1C)NC1CCN(c2ccccn2)CC1. The fourth-order valence-corrected chi connectivity index (χ4v) is 3.36. The van der Waals surface area contributed by atoms with Crippen LogP contribution in [0.4, 0.5) is 5.82 Å². The molecule has 0 radical (unpaired) electrons. The van der Waals surface area contributed by atoms with Crippen molar-refractivity contribution in [1.82, 2.24) is 20.9 Å². The van der Waals surface area contributed by atoms with Gasteiger partial charge in [-0.15, -0.1) is 0 Å². The number of aromatic nitrogens is 1. The van der Waals surface area contributed by atoms with Crippen LogP contribution in [0.15, 0.2) is 46.1 Å². The number of nitrogens with zero attached hydrogens (tertiary/aromatic N) is 3. The molecule has 3 rings (SSSR count). The van der Waals surface area contributed by atoms with Crippen LogP contribution in [0.2, 0.25) is 0 Å². The van der Waals surface area contributed by atoms with Crippen LogP contribution < -0.4 is 20.9 Å². The summed E-state index contributed by atoms with van der Waals surface area (Å²) in [4.78, 5) is 23.1. The first kappa shape index (κ1) is 20.7. The molecule has 0 aromatic carbocycles. The Morgan fingerprint density at radius 1 is 1.24 bits per heavy atom. The number of piperidine rings is 1. The lowest BCUT2D eigenvalue weighted by molar-refractivity contribution is 0.0925. The third-order valence-corrected chi connectivity index (χ3v) is 5.03. The monoisotopic (exact) mass is 398 g/mol. The predicted molar refractivity (Wildman–Crippen MR) is 114 cm³/mol. The summed E-state index contributed by atoms with van der Waals surface area (Å²) in [6.07, 6.45) is 6.24. The van der Waals surface area contributed by atoms with Gasteiger partial charge in [0.1, 0.15) is 5.82 Å². The highest BCUT2D eigenvalue weighted by Gasteiger charge is 2.20. The van der Waals surface area contributed by atoms with Gasteiger partial charge in [0.05, 0.1) is 6.26 Å². The van der Waals surface area contributed by atoms with E-state index in [1.807, 2.05) is 25.3 Å². The van der Waals surface area contributed by atoms with E-state index in [1.165, 1.54) is 6.26 Å². The number of aryl methyl sites for hydroxylation is 1. The van der Waals surface area contributed by atoms with Gasteiger partial charge in [-0.05, 0) is 44.4 Å². The maximum Gasteiger partial charge on any atom is 0.287 e. The molecule has 0 spiro atoms. The second-order valence-corrected chi connectivity index (χ2v) is 7.13. The van der Waals surface area contributed by atoms with Gasteiger partial charge < -0.3 is 25.3 Å². The minimum atomic E-state index is -0.172. The molecule has 0 aliphatic carbocycles. The Morgan fingerprint density at radius 3 is 2.69 bits per heavy atom. The number of rotatable bonds is 7. The number of carbonyl (C=O) groups excluding carboxylic acids is 1. The van der Waals surface area contributed by atoms with E-state index in [0.717, 1.165) is 56.2 Å². The Balaban J connectivity index is 1.32. The highest BCUT2D eigenvalue weighted by molar-refractivity contribution is 5.92. The first-order valence-electron chi connectivity index (χ1n) is 10.1. The van der Waals surface area contributed by atoms with Crippen LogP contribution in [0.3, 0.4) is 0 Å². The number of pyridine rings is 1. The Bertz CT molecular complexity index is 797. The number of hydrogen-bond acceptors (Lipinski definition) is 5. The molecular weight excluding hydrogens is 368 g/mol. The molecule has 2 aromatic rings. The van der Waals surface area contributed by atoms with Gasteiger partial charge in [-0.2, -0.15) is 0 Å². The molecular formula is C21H30N6O2. The van der Waals surface area contributed by atoms with Crippen LogP contribution in [0.5, 0.6) is 0 Å². The molecule has 29 heavy (non-hydrogen) atoms. The van der Waals surface area contributed by atoms with Crippen molar-refractivity contribution < 1.29 is 9.21 Å². The highest BCUT2D eigenvalue weighted by Crippen LogP contribution is 2.17. The van der Waals surface area contributed by atoms with Crippen molar-refractivity contribution in [3.63, 3.8) is 0 Å². The molecule has 0 unspecified atom stereocenters. The maximum absolute atomic E-state index is 12.0. The van der Waals surface area contributed by atoms with E-state index in [0.29, 0.717) is 18.3 Å². The average molecular weight is 399 g/mol. The van der Waals surface area contributed by atoms with Crippen molar-refractivity contribution in [2.45, 2.75) is 32.2 Å². The zero-order chi connectivity index (χ0) is 20.5. The fraction of sp³-hybridized carbons (Fsp3) is 0.476. The van der Waals surface area contributed by atoms with Crippen molar-refractivity contribution >= 4 is 17.7 Å². The highest BCUT2D eigenvalue weighted by atomic mass is 16.3. The van der Waals surface area contributed by atoms with Crippen molar-refractivity contribution in [2.75, 3.05) is 38.1 Å². The van der Waals surface area contributed by atoms with Gasteiger partial charge in [-0.1, -0.05) is 6.07 Å². The molecule has 1 aliphatic heterocycles. The van der Waals surface area contributed by atoms with Gasteiger partial charge in [-0.25, -0.2) is 4.98 Å². The second-order valence-electron chi connectivity index (χ2n) is 7.13. The number of guanidine groups is 1. The van der Waals surface area contributed by atoms with Crippen LogP contribution in [-0.4, -0.2) is 56.1 Å². The number of furan rings is 1. The fourth-order valence-electron chi connectivity index (χ4n) is 3.36. The second kappa shape index (κ2) is 10.5. The van der Waals surface area contributed by atoms with Gasteiger partial charge in [-0.3, -0.25) is 9.79 Å². The molecule has 8 heteroatoms. The molecule has 8 nitrogen and oxygen atoms in total. The molecule has 1 amide bonds. The summed E-state index contributed by atoms with van der Waals surface area (Å²) in [7, 11) is 1.78. The largest absolute Gasteiger partial charge is 0.459 e. The van der Waals surface area contributed by atoms with E-state index in [1.54, 1.807) is 13.1 Å². The molecule has 0 bridgehead atoms. The Hall–Kier alpha value is -3.03. The van der Waals surface area contributed by atoms with Crippen molar-refractivity contribution in [1.29, 1.82) is 0 Å². The first-order valence-corrected chi connectivity index (χ1v) is 10.1. The zero-order valence-electron chi connectivity index (χ0n) is 17.1. The van der Waals surface area contributed by atoms with E-state index in [-0.39, 0.29) is 5.91 Å². The molecule has 2 aromatic heterocycles. The first-order chi connectivity index (χ1) is 14.2. The molecule has 0 saturated carbocycles. The van der Waals surface area contributed by atoms with Gasteiger partial charge >= 0.3 is 0 Å². The minimum absolute atomic E-state index is 0.172. The van der Waals surface area contributed by atoms with Crippen molar-refractivity contribution in [2.24, 2.45) is 4.99 Å². The summed E-state index contributed by atoms with van der Waals surface area (Å²) in [5.41, 5.74) is 0.847. The molecule has 3 heterocycles. The number of hydrogen-bond donors (Lipinski definition) is 3. The van der Waals surface area contributed by atoms with Crippen LogP contribution in [0.1, 0.15) is 35.4 Å². The molecule has 1 fully saturated rings. The molecule has 156 valence electrons. The van der Waals surface area contributed by atoms with Crippen LogP contribution in [0, 0.1) is 6.92 Å². The molecule has 0 atom stereocenters. The lowest BCUT2D eigenvalue weighted by Gasteiger charge is -2.33. The van der Waals surface area contributed by atoms with Gasteiger partial charge in [0.2, 0.25) is 0 Å². The quantitative estimate of drug-likeness (QED) is 0.375. The third kappa shape index (κ3) is 5.97. The lowest BCUT2D eigenvalue weighted by Crippen LogP contribution is -2.49. The summed E-state index contributed by atoms with van der Waals surface area (Å²) in [6, 6.07) is 8.20. The van der Waals surface area contributed by atoms with Crippen LogP contribution >= 0.6 is 0 Å². The maximum atomic E-state index is 12.0. The van der Waals surface area contributed by atoms with Crippen molar-refractivity contribution in [3.8, 4) is 0 Å². The van der Waals surface area contributed by atoms with E-state index < -0.39 is 0 Å². The van der Waals surface area contributed by atoms with Gasteiger partial charge in [0.15, 0.2) is 11.7 Å². The average Bonchev–Trinajstić information content (AvgIpc) is 3.19.